The highest BCUT2D eigenvalue weighted by atomic mass is 35.5. The van der Waals surface area contributed by atoms with E-state index in [0.717, 1.165) is 0 Å². The highest BCUT2D eigenvalue weighted by Crippen LogP contribution is 2.28. The Morgan fingerprint density at radius 1 is 0.613 bits per heavy atom. The molecule has 0 unspecified atom stereocenters. The number of benzene rings is 4. The number of hydrogen-bond donors (Lipinski definition) is 1. The fraction of sp³-hybridized carbons (Fsp3) is 0. The first-order valence-electron chi connectivity index (χ1n) is 9.74. The van der Waals surface area contributed by atoms with Gasteiger partial charge < -0.3 is 5.32 Å². The van der Waals surface area contributed by atoms with Gasteiger partial charge in [0.2, 0.25) is 0 Å². The van der Waals surface area contributed by atoms with Crippen LogP contribution in [0.3, 0.4) is 0 Å². The first-order chi connectivity index (χ1) is 15.1. The van der Waals surface area contributed by atoms with Crippen molar-refractivity contribution < 1.29 is 9.59 Å². The largest absolute Gasteiger partial charge is 0.322 e. The van der Waals surface area contributed by atoms with Crippen LogP contribution in [0.15, 0.2) is 109 Å². The summed E-state index contributed by atoms with van der Waals surface area (Å²) in [5.41, 5.74) is 2.62. The Hall–Kier alpha value is -3.89. The van der Waals surface area contributed by atoms with Gasteiger partial charge in [0.15, 0.2) is 0 Å². The maximum atomic E-state index is 13.7. The maximum Gasteiger partial charge on any atom is 0.263 e. The molecule has 0 aliphatic carbocycles. The molecule has 0 bridgehead atoms. The third-order valence-electron chi connectivity index (χ3n) is 4.74. The molecule has 0 saturated carbocycles. The Morgan fingerprint density at radius 2 is 1.10 bits per heavy atom. The van der Waals surface area contributed by atoms with E-state index in [1.165, 1.54) is 0 Å². The van der Waals surface area contributed by atoms with Gasteiger partial charge in [-0.15, -0.1) is 0 Å². The molecule has 0 atom stereocenters. The third kappa shape index (κ3) is 4.65. The molecule has 0 aromatic heterocycles. The zero-order chi connectivity index (χ0) is 21.6. The molecule has 5 heteroatoms. The number of carbonyl (C=O) groups is 2. The van der Waals surface area contributed by atoms with Gasteiger partial charge in [-0.3, -0.25) is 14.5 Å². The predicted octanol–water partition coefficient (Wildman–Crippen LogP) is 6.57. The molecule has 0 spiro atoms. The van der Waals surface area contributed by atoms with Gasteiger partial charge in [0.1, 0.15) is 0 Å². The van der Waals surface area contributed by atoms with Crippen LogP contribution in [0, 0.1) is 0 Å². The standard InChI is InChI=1S/C26H19ClN2O2/c27-19-15-17-20(18-16-19)28-25(30)23-13-7-8-14-24(23)26(31)29(21-9-3-1-4-10-21)22-11-5-2-6-12-22/h1-18H,(H,28,30). The Labute approximate surface area is 185 Å². The summed E-state index contributed by atoms with van der Waals surface area (Å²) in [6.45, 7) is 0. The molecule has 31 heavy (non-hydrogen) atoms. The number of anilines is 3. The number of nitrogens with zero attached hydrogens (tertiary/aromatic N) is 1. The molecule has 0 aliphatic heterocycles. The second-order valence-corrected chi connectivity index (χ2v) is 7.25. The Bertz CT molecular complexity index is 1150. The minimum Gasteiger partial charge on any atom is -0.322 e. The van der Waals surface area contributed by atoms with Gasteiger partial charge >= 0.3 is 0 Å². The predicted molar refractivity (Wildman–Crippen MR) is 125 cm³/mol. The van der Waals surface area contributed by atoms with E-state index in [9.17, 15) is 9.59 Å². The molecule has 1 N–H and O–H groups in total. The zero-order valence-corrected chi connectivity index (χ0v) is 17.3. The van der Waals surface area contributed by atoms with Crippen LogP contribution in [0.4, 0.5) is 17.1 Å². The number of nitrogens with one attached hydrogen (secondary N) is 1. The average molecular weight is 427 g/mol. The van der Waals surface area contributed by atoms with Gasteiger partial charge in [0, 0.05) is 22.1 Å². The quantitative estimate of drug-likeness (QED) is 0.392. The van der Waals surface area contributed by atoms with Gasteiger partial charge in [0.25, 0.3) is 11.8 Å². The number of amides is 2. The van der Waals surface area contributed by atoms with Crippen molar-refractivity contribution in [3.05, 3.63) is 125 Å². The summed E-state index contributed by atoms with van der Waals surface area (Å²) >= 11 is 5.92. The minimum atomic E-state index is -0.368. The lowest BCUT2D eigenvalue weighted by Gasteiger charge is -2.24. The van der Waals surface area contributed by atoms with Crippen molar-refractivity contribution in [1.29, 1.82) is 0 Å². The van der Waals surface area contributed by atoms with Crippen molar-refractivity contribution >= 4 is 40.5 Å². The van der Waals surface area contributed by atoms with Gasteiger partial charge in [-0.2, -0.15) is 0 Å². The van der Waals surface area contributed by atoms with Crippen molar-refractivity contribution in [3.63, 3.8) is 0 Å². The summed E-state index contributed by atoms with van der Waals surface area (Å²) in [6, 6.07) is 32.3. The molecule has 0 fully saturated rings. The smallest absolute Gasteiger partial charge is 0.263 e. The van der Waals surface area contributed by atoms with Crippen molar-refractivity contribution in [1.82, 2.24) is 0 Å². The number of para-hydroxylation sites is 2. The lowest BCUT2D eigenvalue weighted by Crippen LogP contribution is -2.28. The minimum absolute atomic E-state index is 0.291. The normalized spacial score (nSPS) is 10.4. The second-order valence-electron chi connectivity index (χ2n) is 6.82. The molecule has 0 saturated heterocycles. The van der Waals surface area contributed by atoms with E-state index < -0.39 is 0 Å². The average Bonchev–Trinajstić information content (AvgIpc) is 2.82. The number of carbonyl (C=O) groups excluding carboxylic acids is 2. The molecule has 4 rings (SSSR count). The Balaban J connectivity index is 1.72. The highest BCUT2D eigenvalue weighted by molar-refractivity contribution is 6.30. The van der Waals surface area contributed by atoms with E-state index in [-0.39, 0.29) is 11.8 Å². The summed E-state index contributed by atoms with van der Waals surface area (Å²) < 4.78 is 0. The fourth-order valence-electron chi connectivity index (χ4n) is 3.26. The summed E-state index contributed by atoms with van der Waals surface area (Å²) in [7, 11) is 0. The van der Waals surface area contributed by atoms with Crippen LogP contribution < -0.4 is 10.2 Å². The summed E-state index contributed by atoms with van der Waals surface area (Å²) in [5.74, 6) is -0.661. The third-order valence-corrected chi connectivity index (χ3v) is 4.99. The molecule has 4 nitrogen and oxygen atoms in total. The van der Waals surface area contributed by atoms with E-state index in [1.807, 2.05) is 60.7 Å². The first kappa shape index (κ1) is 20.4. The lowest BCUT2D eigenvalue weighted by molar-refractivity contribution is 0.0976. The summed E-state index contributed by atoms with van der Waals surface area (Å²) in [5, 5.41) is 3.41. The van der Waals surface area contributed by atoms with Crippen LogP contribution in [0.25, 0.3) is 0 Å². The van der Waals surface area contributed by atoms with Crippen LogP contribution in [-0.4, -0.2) is 11.8 Å². The first-order valence-corrected chi connectivity index (χ1v) is 10.1. The second kappa shape index (κ2) is 9.28. The summed E-state index contributed by atoms with van der Waals surface area (Å²) in [6.07, 6.45) is 0. The van der Waals surface area contributed by atoms with E-state index in [1.54, 1.807) is 53.4 Å². The van der Waals surface area contributed by atoms with Crippen LogP contribution in [-0.2, 0) is 0 Å². The molecule has 0 aliphatic rings. The van der Waals surface area contributed by atoms with Crippen LogP contribution in [0.2, 0.25) is 5.02 Å². The van der Waals surface area contributed by atoms with Crippen molar-refractivity contribution in [2.45, 2.75) is 0 Å². The van der Waals surface area contributed by atoms with E-state index in [0.29, 0.717) is 33.2 Å². The number of rotatable bonds is 5. The lowest BCUT2D eigenvalue weighted by atomic mass is 10.0. The van der Waals surface area contributed by atoms with Crippen molar-refractivity contribution in [2.24, 2.45) is 0 Å². The molecule has 2 amide bonds. The molecule has 4 aromatic rings. The molecule has 0 heterocycles. The van der Waals surface area contributed by atoms with E-state index >= 15 is 0 Å². The summed E-state index contributed by atoms with van der Waals surface area (Å²) in [4.78, 5) is 28.3. The van der Waals surface area contributed by atoms with Crippen LogP contribution in [0.5, 0.6) is 0 Å². The van der Waals surface area contributed by atoms with Crippen molar-refractivity contribution in [2.75, 3.05) is 10.2 Å². The zero-order valence-electron chi connectivity index (χ0n) is 16.5. The molecular formula is C26H19ClN2O2. The molecule has 4 aromatic carbocycles. The van der Waals surface area contributed by atoms with Crippen LogP contribution in [0.1, 0.15) is 20.7 Å². The van der Waals surface area contributed by atoms with Gasteiger partial charge in [-0.1, -0.05) is 60.1 Å². The van der Waals surface area contributed by atoms with E-state index in [4.69, 9.17) is 11.6 Å². The van der Waals surface area contributed by atoms with Gasteiger partial charge in [-0.25, -0.2) is 0 Å². The van der Waals surface area contributed by atoms with E-state index in [2.05, 4.69) is 5.32 Å². The molecular weight excluding hydrogens is 408 g/mol. The fourth-order valence-corrected chi connectivity index (χ4v) is 3.38. The Kier molecular flexibility index (Phi) is 6.11. The number of hydrogen-bond acceptors (Lipinski definition) is 2. The van der Waals surface area contributed by atoms with Crippen molar-refractivity contribution in [3.8, 4) is 0 Å². The number of halogens is 1. The topological polar surface area (TPSA) is 49.4 Å². The molecule has 152 valence electrons. The monoisotopic (exact) mass is 426 g/mol. The SMILES string of the molecule is O=C(Nc1ccc(Cl)cc1)c1ccccc1C(=O)N(c1ccccc1)c1ccccc1. The molecule has 0 radical (unpaired) electrons. The Morgan fingerprint density at radius 3 is 1.65 bits per heavy atom. The maximum absolute atomic E-state index is 13.7. The highest BCUT2D eigenvalue weighted by Gasteiger charge is 2.24. The van der Waals surface area contributed by atoms with Crippen LogP contribution >= 0.6 is 11.6 Å². The van der Waals surface area contributed by atoms with Gasteiger partial charge in [0.05, 0.1) is 11.1 Å². The van der Waals surface area contributed by atoms with Gasteiger partial charge in [-0.05, 0) is 60.7 Å².